The molecule has 0 aromatic carbocycles. The summed E-state index contributed by atoms with van der Waals surface area (Å²) in [7, 11) is 0. The van der Waals surface area contributed by atoms with E-state index in [0.29, 0.717) is 5.69 Å². The fourth-order valence-corrected chi connectivity index (χ4v) is 1.36. The van der Waals surface area contributed by atoms with Gasteiger partial charge >= 0.3 is 0 Å². The van der Waals surface area contributed by atoms with Gasteiger partial charge in [-0.2, -0.15) is 15.4 Å². The maximum atomic E-state index is 11.7. The predicted octanol–water partition coefficient (Wildman–Crippen LogP) is 1.19. The molecule has 5 heteroatoms. The van der Waals surface area contributed by atoms with E-state index in [1.54, 1.807) is 6.20 Å². The van der Waals surface area contributed by atoms with Crippen LogP contribution in [0.4, 0.5) is 0 Å². The Kier molecular flexibility index (Phi) is 3.05. The Morgan fingerprint density at radius 1 is 1.38 bits per heavy atom. The molecule has 0 aliphatic rings. The van der Waals surface area contributed by atoms with E-state index in [2.05, 4.69) is 27.3 Å². The van der Waals surface area contributed by atoms with Crippen LogP contribution >= 0.6 is 0 Å². The van der Waals surface area contributed by atoms with Gasteiger partial charge in [0.05, 0.1) is 12.6 Å². The number of nitrogens with zero attached hydrogens (tertiary/aromatic N) is 3. The molecule has 0 radical (unpaired) electrons. The Labute approximate surface area is 92.9 Å². The van der Waals surface area contributed by atoms with E-state index >= 15 is 0 Å². The highest BCUT2D eigenvalue weighted by Gasteiger charge is 2.10. The largest absolute Gasteiger partial charge is 0.292 e. The predicted molar refractivity (Wildman–Crippen MR) is 58.0 cm³/mol. The molecule has 0 saturated heterocycles. The number of aromatic amines is 1. The summed E-state index contributed by atoms with van der Waals surface area (Å²) in [5, 5.41) is 9.74. The van der Waals surface area contributed by atoms with Crippen molar-refractivity contribution < 1.29 is 4.79 Å². The lowest BCUT2D eigenvalue weighted by Crippen LogP contribution is -2.05. The number of rotatable bonds is 4. The van der Waals surface area contributed by atoms with Crippen LogP contribution in [0.5, 0.6) is 0 Å². The molecule has 2 heterocycles. The van der Waals surface area contributed by atoms with Crippen molar-refractivity contribution in [2.45, 2.75) is 19.8 Å². The standard InChI is InChI=1S/C11H12N4O/c1-2-8-3-4-9(12-6-8)5-11(16)10-7-13-15-14-10/h3-4,6-7H,2,5H2,1H3,(H,13,14,15). The van der Waals surface area contributed by atoms with E-state index in [4.69, 9.17) is 0 Å². The Balaban J connectivity index is 2.06. The SMILES string of the molecule is CCc1ccc(CC(=O)c2cn[nH]n2)nc1. The minimum atomic E-state index is -0.0782. The van der Waals surface area contributed by atoms with Gasteiger partial charge in [0.2, 0.25) is 0 Å². The third kappa shape index (κ3) is 2.31. The van der Waals surface area contributed by atoms with Gasteiger partial charge in [0.1, 0.15) is 5.69 Å². The minimum absolute atomic E-state index is 0.0782. The second-order valence-corrected chi connectivity index (χ2v) is 3.47. The number of carbonyl (C=O) groups excluding carboxylic acids is 1. The van der Waals surface area contributed by atoms with Gasteiger partial charge in [-0.05, 0) is 18.1 Å². The van der Waals surface area contributed by atoms with Crippen LogP contribution < -0.4 is 0 Å². The van der Waals surface area contributed by atoms with Gasteiger partial charge in [0.25, 0.3) is 0 Å². The molecule has 82 valence electrons. The normalized spacial score (nSPS) is 10.3. The number of ketones is 1. The van der Waals surface area contributed by atoms with E-state index in [1.165, 1.54) is 6.20 Å². The number of aryl methyl sites for hydroxylation is 1. The van der Waals surface area contributed by atoms with Crippen molar-refractivity contribution in [1.29, 1.82) is 0 Å². The van der Waals surface area contributed by atoms with Gasteiger partial charge in [-0.25, -0.2) is 0 Å². The summed E-state index contributed by atoms with van der Waals surface area (Å²) in [6.45, 7) is 2.07. The third-order valence-electron chi connectivity index (χ3n) is 2.34. The lowest BCUT2D eigenvalue weighted by atomic mass is 10.1. The Morgan fingerprint density at radius 3 is 2.81 bits per heavy atom. The third-order valence-corrected chi connectivity index (χ3v) is 2.34. The number of hydrogen-bond donors (Lipinski definition) is 1. The van der Waals surface area contributed by atoms with Gasteiger partial charge in [-0.3, -0.25) is 9.78 Å². The summed E-state index contributed by atoms with van der Waals surface area (Å²) in [6, 6.07) is 3.86. The van der Waals surface area contributed by atoms with E-state index in [-0.39, 0.29) is 12.2 Å². The van der Waals surface area contributed by atoms with Gasteiger partial charge in [0, 0.05) is 11.9 Å². The first-order valence-corrected chi connectivity index (χ1v) is 5.12. The van der Waals surface area contributed by atoms with Crippen LogP contribution in [0.2, 0.25) is 0 Å². The fourth-order valence-electron chi connectivity index (χ4n) is 1.36. The first kappa shape index (κ1) is 10.5. The van der Waals surface area contributed by atoms with Crippen LogP contribution in [0.15, 0.2) is 24.5 Å². The van der Waals surface area contributed by atoms with E-state index in [9.17, 15) is 4.79 Å². The maximum absolute atomic E-state index is 11.7. The quantitative estimate of drug-likeness (QED) is 0.779. The van der Waals surface area contributed by atoms with Crippen molar-refractivity contribution in [3.63, 3.8) is 0 Å². The van der Waals surface area contributed by atoms with E-state index < -0.39 is 0 Å². The smallest absolute Gasteiger partial charge is 0.190 e. The molecule has 0 aliphatic carbocycles. The minimum Gasteiger partial charge on any atom is -0.292 e. The van der Waals surface area contributed by atoms with Crippen LogP contribution in [0, 0.1) is 0 Å². The van der Waals surface area contributed by atoms with Crippen molar-refractivity contribution >= 4 is 5.78 Å². The first-order chi connectivity index (χ1) is 7.79. The number of pyridine rings is 1. The van der Waals surface area contributed by atoms with E-state index in [1.807, 2.05) is 12.1 Å². The number of nitrogens with one attached hydrogen (secondary N) is 1. The molecule has 0 unspecified atom stereocenters. The monoisotopic (exact) mass is 216 g/mol. The molecule has 0 saturated carbocycles. The Bertz CT molecular complexity index is 461. The van der Waals surface area contributed by atoms with Crippen LogP contribution in [-0.2, 0) is 12.8 Å². The molecule has 2 rings (SSSR count). The molecule has 0 fully saturated rings. The molecule has 0 amide bonds. The first-order valence-electron chi connectivity index (χ1n) is 5.12. The molecule has 5 nitrogen and oxygen atoms in total. The lowest BCUT2D eigenvalue weighted by molar-refractivity contribution is 0.0987. The van der Waals surface area contributed by atoms with Crippen molar-refractivity contribution in [3.05, 3.63) is 41.5 Å². The number of Topliss-reactive ketones (excluding diaryl/α,β-unsaturated/α-hetero) is 1. The van der Waals surface area contributed by atoms with Crippen LogP contribution in [-0.4, -0.2) is 26.2 Å². The van der Waals surface area contributed by atoms with Crippen molar-refractivity contribution in [2.24, 2.45) is 0 Å². The number of aromatic nitrogens is 4. The summed E-state index contributed by atoms with van der Waals surface area (Å²) in [5.41, 5.74) is 2.27. The van der Waals surface area contributed by atoms with Gasteiger partial charge in [0.15, 0.2) is 5.78 Å². The fraction of sp³-hybridized carbons (Fsp3) is 0.273. The van der Waals surface area contributed by atoms with Crippen molar-refractivity contribution in [2.75, 3.05) is 0 Å². The zero-order chi connectivity index (χ0) is 11.4. The Morgan fingerprint density at radius 2 is 2.25 bits per heavy atom. The second kappa shape index (κ2) is 4.65. The highest BCUT2D eigenvalue weighted by atomic mass is 16.1. The summed E-state index contributed by atoms with van der Waals surface area (Å²) >= 11 is 0. The van der Waals surface area contributed by atoms with Gasteiger partial charge in [-0.15, -0.1) is 0 Å². The molecular formula is C11H12N4O. The number of hydrogen-bond acceptors (Lipinski definition) is 4. The second-order valence-electron chi connectivity index (χ2n) is 3.47. The van der Waals surface area contributed by atoms with Crippen molar-refractivity contribution in [3.8, 4) is 0 Å². The van der Waals surface area contributed by atoms with Crippen LogP contribution in [0.3, 0.4) is 0 Å². The molecule has 1 N–H and O–H groups in total. The molecule has 2 aromatic heterocycles. The molecular weight excluding hydrogens is 204 g/mol. The zero-order valence-corrected chi connectivity index (χ0v) is 8.97. The zero-order valence-electron chi connectivity index (χ0n) is 8.97. The lowest BCUT2D eigenvalue weighted by Gasteiger charge is -1.99. The molecule has 0 bridgehead atoms. The highest BCUT2D eigenvalue weighted by Crippen LogP contribution is 2.04. The average Bonchev–Trinajstić information content (AvgIpc) is 2.83. The average molecular weight is 216 g/mol. The Hall–Kier alpha value is -2.04. The van der Waals surface area contributed by atoms with Crippen LogP contribution in [0.25, 0.3) is 0 Å². The molecule has 0 spiro atoms. The number of carbonyl (C=O) groups is 1. The van der Waals surface area contributed by atoms with Crippen LogP contribution in [0.1, 0.15) is 28.7 Å². The highest BCUT2D eigenvalue weighted by molar-refractivity contribution is 5.95. The summed E-state index contributed by atoms with van der Waals surface area (Å²) in [6.07, 6.45) is 4.43. The molecule has 2 aromatic rings. The van der Waals surface area contributed by atoms with Gasteiger partial charge in [-0.1, -0.05) is 13.0 Å². The summed E-state index contributed by atoms with van der Waals surface area (Å²) in [4.78, 5) is 15.9. The number of H-pyrrole nitrogens is 1. The topological polar surface area (TPSA) is 71.5 Å². The summed E-state index contributed by atoms with van der Waals surface area (Å²) < 4.78 is 0. The van der Waals surface area contributed by atoms with Crippen molar-refractivity contribution in [1.82, 2.24) is 20.4 Å². The molecule has 0 atom stereocenters. The summed E-state index contributed by atoms with van der Waals surface area (Å²) in [5.74, 6) is -0.0782. The van der Waals surface area contributed by atoms with E-state index in [0.717, 1.165) is 17.7 Å². The molecule has 16 heavy (non-hydrogen) atoms. The maximum Gasteiger partial charge on any atom is 0.190 e. The molecule has 0 aliphatic heterocycles. The van der Waals surface area contributed by atoms with Gasteiger partial charge < -0.3 is 0 Å².